The molecule has 15 heavy (non-hydrogen) atoms. The summed E-state index contributed by atoms with van der Waals surface area (Å²) in [6.07, 6.45) is 6.74. The molecule has 1 aromatic heterocycles. The van der Waals surface area contributed by atoms with E-state index in [1.807, 2.05) is 0 Å². The molecule has 1 aromatic rings. The molecule has 1 aliphatic rings. The van der Waals surface area contributed by atoms with Crippen molar-refractivity contribution in [2.24, 2.45) is 11.7 Å². The Morgan fingerprint density at radius 2 is 2.07 bits per heavy atom. The molecule has 1 saturated carbocycles. The second kappa shape index (κ2) is 5.46. The van der Waals surface area contributed by atoms with Crippen molar-refractivity contribution in [2.75, 3.05) is 6.54 Å². The second-order valence-electron chi connectivity index (χ2n) is 4.42. The Labute approximate surface area is 104 Å². The Morgan fingerprint density at radius 1 is 1.27 bits per heavy atom. The van der Waals surface area contributed by atoms with Crippen LogP contribution in [0.4, 0.5) is 0 Å². The molecular formula is C12H18BrNS. The quantitative estimate of drug-likeness (QED) is 0.813. The number of hydrogen-bond donors (Lipinski definition) is 1. The molecule has 2 N–H and O–H groups in total. The van der Waals surface area contributed by atoms with E-state index in [1.54, 1.807) is 11.3 Å². The number of halogens is 1. The predicted molar refractivity (Wildman–Crippen MR) is 70.4 cm³/mol. The molecule has 2 rings (SSSR count). The Bertz CT molecular complexity index is 310. The highest BCUT2D eigenvalue weighted by atomic mass is 79.9. The van der Waals surface area contributed by atoms with Crippen LogP contribution >= 0.6 is 27.3 Å². The van der Waals surface area contributed by atoms with Gasteiger partial charge in [-0.2, -0.15) is 11.3 Å². The largest absolute Gasteiger partial charge is 0.330 e. The van der Waals surface area contributed by atoms with Gasteiger partial charge in [0, 0.05) is 9.85 Å². The van der Waals surface area contributed by atoms with Crippen LogP contribution in [0.25, 0.3) is 0 Å². The minimum Gasteiger partial charge on any atom is -0.330 e. The maximum Gasteiger partial charge on any atom is 0.0317 e. The van der Waals surface area contributed by atoms with E-state index in [0.29, 0.717) is 11.8 Å². The third kappa shape index (κ3) is 2.63. The van der Waals surface area contributed by atoms with Crippen LogP contribution in [0.2, 0.25) is 0 Å². The first kappa shape index (κ1) is 11.6. The van der Waals surface area contributed by atoms with E-state index in [9.17, 15) is 0 Å². The molecular weight excluding hydrogens is 270 g/mol. The molecule has 2 unspecified atom stereocenters. The maximum atomic E-state index is 5.91. The fraction of sp³-hybridized carbons (Fsp3) is 0.667. The standard InChI is InChI=1S/C12H18BrNS/c13-12-8-15-7-11(12)10-5-3-1-2-4-9(10)6-14/h7-10H,1-6,14H2. The zero-order valence-corrected chi connectivity index (χ0v) is 11.3. The first-order chi connectivity index (χ1) is 7.33. The van der Waals surface area contributed by atoms with Crippen LogP contribution in [-0.2, 0) is 0 Å². The molecule has 2 atom stereocenters. The molecule has 0 radical (unpaired) electrons. The fourth-order valence-electron chi connectivity index (χ4n) is 2.63. The SMILES string of the molecule is NCC1CCCCCC1c1cscc1Br. The van der Waals surface area contributed by atoms with Gasteiger partial charge in [0.25, 0.3) is 0 Å². The summed E-state index contributed by atoms with van der Waals surface area (Å²) in [7, 11) is 0. The van der Waals surface area contributed by atoms with E-state index in [2.05, 4.69) is 26.7 Å². The summed E-state index contributed by atoms with van der Waals surface area (Å²) in [6.45, 7) is 0.840. The second-order valence-corrected chi connectivity index (χ2v) is 6.01. The van der Waals surface area contributed by atoms with Crippen LogP contribution in [-0.4, -0.2) is 6.54 Å². The fourth-order valence-corrected chi connectivity index (χ4v) is 4.29. The first-order valence-electron chi connectivity index (χ1n) is 5.74. The van der Waals surface area contributed by atoms with Crippen molar-refractivity contribution in [2.45, 2.75) is 38.0 Å². The van der Waals surface area contributed by atoms with Crippen LogP contribution in [0, 0.1) is 5.92 Å². The number of thiophene rings is 1. The van der Waals surface area contributed by atoms with Crippen molar-refractivity contribution >= 4 is 27.3 Å². The van der Waals surface area contributed by atoms with Gasteiger partial charge >= 0.3 is 0 Å². The molecule has 0 amide bonds. The van der Waals surface area contributed by atoms with Crippen LogP contribution in [0.15, 0.2) is 15.2 Å². The molecule has 3 heteroatoms. The summed E-state index contributed by atoms with van der Waals surface area (Å²) in [6, 6.07) is 0. The topological polar surface area (TPSA) is 26.0 Å². The molecule has 0 aliphatic heterocycles. The monoisotopic (exact) mass is 287 g/mol. The van der Waals surface area contributed by atoms with Gasteiger partial charge in [0.2, 0.25) is 0 Å². The number of hydrogen-bond acceptors (Lipinski definition) is 2. The summed E-state index contributed by atoms with van der Waals surface area (Å²) in [5, 5.41) is 4.48. The van der Waals surface area contributed by atoms with Gasteiger partial charge in [-0.05, 0) is 58.1 Å². The van der Waals surface area contributed by atoms with E-state index in [-0.39, 0.29) is 0 Å². The summed E-state index contributed by atoms with van der Waals surface area (Å²) < 4.78 is 1.29. The van der Waals surface area contributed by atoms with E-state index < -0.39 is 0 Å². The average molecular weight is 288 g/mol. The lowest BCUT2D eigenvalue weighted by Gasteiger charge is -2.23. The van der Waals surface area contributed by atoms with Crippen molar-refractivity contribution in [3.8, 4) is 0 Å². The molecule has 0 saturated heterocycles. The zero-order valence-electron chi connectivity index (χ0n) is 8.92. The molecule has 1 aliphatic carbocycles. The number of rotatable bonds is 2. The van der Waals surface area contributed by atoms with Gasteiger partial charge in [0.15, 0.2) is 0 Å². The maximum absolute atomic E-state index is 5.91. The summed E-state index contributed by atoms with van der Waals surface area (Å²) in [4.78, 5) is 0. The average Bonchev–Trinajstić information content (AvgIpc) is 2.54. The Kier molecular flexibility index (Phi) is 4.23. The van der Waals surface area contributed by atoms with Crippen LogP contribution in [0.1, 0.15) is 43.6 Å². The number of nitrogens with two attached hydrogens (primary N) is 1. The van der Waals surface area contributed by atoms with Crippen molar-refractivity contribution in [3.05, 3.63) is 20.8 Å². The Morgan fingerprint density at radius 3 is 2.73 bits per heavy atom. The summed E-state index contributed by atoms with van der Waals surface area (Å²) in [5.41, 5.74) is 7.40. The van der Waals surface area contributed by atoms with Crippen LogP contribution in [0.5, 0.6) is 0 Å². The van der Waals surface area contributed by atoms with Gasteiger partial charge in [-0.3, -0.25) is 0 Å². The van der Waals surface area contributed by atoms with Crippen molar-refractivity contribution < 1.29 is 0 Å². The zero-order chi connectivity index (χ0) is 10.7. The summed E-state index contributed by atoms with van der Waals surface area (Å²) in [5.74, 6) is 1.39. The predicted octanol–water partition coefficient (Wildman–Crippen LogP) is 4.13. The van der Waals surface area contributed by atoms with Gasteiger partial charge in [-0.15, -0.1) is 0 Å². The molecule has 1 nitrogen and oxygen atoms in total. The minimum atomic E-state index is 0.693. The molecule has 0 aromatic carbocycles. The highest BCUT2D eigenvalue weighted by Crippen LogP contribution is 2.40. The Hall–Kier alpha value is 0.140. The highest BCUT2D eigenvalue weighted by molar-refractivity contribution is 9.10. The van der Waals surface area contributed by atoms with Crippen LogP contribution < -0.4 is 5.73 Å². The lowest BCUT2D eigenvalue weighted by atomic mass is 9.84. The minimum absolute atomic E-state index is 0.693. The van der Waals surface area contributed by atoms with E-state index >= 15 is 0 Å². The van der Waals surface area contributed by atoms with E-state index in [4.69, 9.17) is 5.73 Å². The molecule has 1 fully saturated rings. The van der Waals surface area contributed by atoms with Crippen molar-refractivity contribution in [1.29, 1.82) is 0 Å². The lowest BCUT2D eigenvalue weighted by Crippen LogP contribution is -2.21. The van der Waals surface area contributed by atoms with Crippen LogP contribution in [0.3, 0.4) is 0 Å². The molecule has 0 bridgehead atoms. The van der Waals surface area contributed by atoms with Gasteiger partial charge in [-0.1, -0.05) is 19.3 Å². The first-order valence-corrected chi connectivity index (χ1v) is 7.48. The van der Waals surface area contributed by atoms with Crippen molar-refractivity contribution in [3.63, 3.8) is 0 Å². The van der Waals surface area contributed by atoms with E-state index in [0.717, 1.165) is 6.54 Å². The van der Waals surface area contributed by atoms with Gasteiger partial charge < -0.3 is 5.73 Å². The highest BCUT2D eigenvalue weighted by Gasteiger charge is 2.25. The van der Waals surface area contributed by atoms with Gasteiger partial charge in [-0.25, -0.2) is 0 Å². The third-order valence-corrected chi connectivity index (χ3v) is 5.26. The molecule has 84 valence electrons. The normalized spacial score (nSPS) is 27.6. The summed E-state index contributed by atoms with van der Waals surface area (Å²) >= 11 is 5.45. The lowest BCUT2D eigenvalue weighted by molar-refractivity contribution is 0.408. The van der Waals surface area contributed by atoms with Gasteiger partial charge in [0.05, 0.1) is 0 Å². The van der Waals surface area contributed by atoms with Crippen molar-refractivity contribution in [1.82, 2.24) is 0 Å². The van der Waals surface area contributed by atoms with E-state index in [1.165, 1.54) is 42.1 Å². The molecule has 1 heterocycles. The molecule has 0 spiro atoms. The Balaban J connectivity index is 2.20. The third-order valence-electron chi connectivity index (χ3n) is 3.50. The smallest absolute Gasteiger partial charge is 0.0317 e. The van der Waals surface area contributed by atoms with Gasteiger partial charge in [0.1, 0.15) is 0 Å².